The van der Waals surface area contributed by atoms with E-state index in [1.54, 1.807) is 0 Å². The molecular weight excluding hydrogens is 288 g/mol. The maximum Gasteiger partial charge on any atom is 0.253 e. The molecule has 1 saturated heterocycles. The Bertz CT molecular complexity index is 640. The second-order valence-electron chi connectivity index (χ2n) is 5.90. The average molecular weight is 310 g/mol. The van der Waals surface area contributed by atoms with Crippen molar-refractivity contribution in [3.63, 3.8) is 0 Å². The van der Waals surface area contributed by atoms with Gasteiger partial charge < -0.3 is 15.0 Å². The zero-order chi connectivity index (χ0) is 16.1. The van der Waals surface area contributed by atoms with Crippen molar-refractivity contribution in [1.82, 2.24) is 10.2 Å². The van der Waals surface area contributed by atoms with E-state index in [4.69, 9.17) is 4.74 Å². The Balaban J connectivity index is 1.59. The zero-order valence-corrected chi connectivity index (χ0v) is 13.4. The molecule has 2 aromatic rings. The number of rotatable bonds is 4. The van der Waals surface area contributed by atoms with E-state index >= 15 is 0 Å². The first-order chi connectivity index (χ1) is 11.2. The summed E-state index contributed by atoms with van der Waals surface area (Å²) in [5, 5.41) is 3.35. The molecule has 1 heterocycles. The van der Waals surface area contributed by atoms with E-state index in [-0.39, 0.29) is 5.91 Å². The maximum absolute atomic E-state index is 12.5. The number of piperazine rings is 1. The number of amides is 1. The molecule has 0 spiro atoms. The number of benzene rings is 2. The number of hydrogen-bond donors (Lipinski definition) is 1. The summed E-state index contributed by atoms with van der Waals surface area (Å²) < 4.78 is 5.75. The van der Waals surface area contributed by atoms with Gasteiger partial charge in [0.05, 0.1) is 0 Å². The normalized spacial score (nSPS) is 17.8. The third-order valence-corrected chi connectivity index (χ3v) is 4.01. The molecule has 4 nitrogen and oxygen atoms in total. The maximum atomic E-state index is 12.5. The van der Waals surface area contributed by atoms with E-state index < -0.39 is 0 Å². The van der Waals surface area contributed by atoms with Crippen LogP contribution in [-0.2, 0) is 6.61 Å². The van der Waals surface area contributed by atoms with Gasteiger partial charge in [-0.2, -0.15) is 0 Å². The Morgan fingerprint density at radius 3 is 2.61 bits per heavy atom. The molecule has 1 atom stereocenters. The van der Waals surface area contributed by atoms with Gasteiger partial charge in [-0.15, -0.1) is 0 Å². The van der Waals surface area contributed by atoms with Crippen molar-refractivity contribution in [3.8, 4) is 5.75 Å². The van der Waals surface area contributed by atoms with E-state index in [2.05, 4.69) is 12.2 Å². The second-order valence-corrected chi connectivity index (χ2v) is 5.90. The van der Waals surface area contributed by atoms with Crippen LogP contribution in [0.1, 0.15) is 22.8 Å². The fourth-order valence-corrected chi connectivity index (χ4v) is 2.73. The quantitative estimate of drug-likeness (QED) is 0.944. The molecule has 1 amide bonds. The fourth-order valence-electron chi connectivity index (χ4n) is 2.73. The third-order valence-electron chi connectivity index (χ3n) is 4.01. The highest BCUT2D eigenvalue weighted by molar-refractivity contribution is 5.94. The average Bonchev–Trinajstić information content (AvgIpc) is 2.61. The molecule has 1 aliphatic rings. The van der Waals surface area contributed by atoms with Gasteiger partial charge >= 0.3 is 0 Å². The number of carbonyl (C=O) groups excluding carboxylic acids is 1. The summed E-state index contributed by atoms with van der Waals surface area (Å²) in [6.45, 7) is 5.00. The summed E-state index contributed by atoms with van der Waals surface area (Å²) in [7, 11) is 0. The first kappa shape index (κ1) is 15.6. The lowest BCUT2D eigenvalue weighted by Gasteiger charge is -2.32. The van der Waals surface area contributed by atoms with Crippen LogP contribution in [0.5, 0.6) is 5.75 Å². The van der Waals surface area contributed by atoms with Gasteiger partial charge in [0.25, 0.3) is 5.91 Å². The Hall–Kier alpha value is -2.33. The second kappa shape index (κ2) is 7.29. The Kier molecular flexibility index (Phi) is 4.93. The predicted molar refractivity (Wildman–Crippen MR) is 90.6 cm³/mol. The molecule has 0 radical (unpaired) electrons. The molecule has 0 bridgehead atoms. The molecule has 3 rings (SSSR count). The Morgan fingerprint density at radius 2 is 1.91 bits per heavy atom. The van der Waals surface area contributed by atoms with E-state index in [0.717, 1.165) is 30.9 Å². The molecule has 23 heavy (non-hydrogen) atoms. The van der Waals surface area contributed by atoms with Gasteiger partial charge in [0.15, 0.2) is 0 Å². The molecule has 0 aliphatic carbocycles. The lowest BCUT2D eigenvalue weighted by Crippen LogP contribution is -2.51. The number of hydrogen-bond acceptors (Lipinski definition) is 3. The van der Waals surface area contributed by atoms with Crippen molar-refractivity contribution in [2.45, 2.75) is 19.6 Å². The third kappa shape index (κ3) is 4.11. The van der Waals surface area contributed by atoms with Crippen LogP contribution < -0.4 is 10.1 Å². The zero-order valence-electron chi connectivity index (χ0n) is 13.4. The van der Waals surface area contributed by atoms with Gasteiger partial charge in [-0.1, -0.05) is 30.3 Å². The first-order valence-electron chi connectivity index (χ1n) is 8.02. The summed E-state index contributed by atoms with van der Waals surface area (Å²) in [6, 6.07) is 17.8. The standard InChI is InChI=1S/C19H22N2O2/c1-15-13-21(12-11-20-15)19(22)17-7-9-18(10-8-17)23-14-16-5-3-2-4-6-16/h2-10,15,20H,11-14H2,1H3. The lowest BCUT2D eigenvalue weighted by atomic mass is 10.1. The van der Waals surface area contributed by atoms with Gasteiger partial charge in [-0.25, -0.2) is 0 Å². The minimum Gasteiger partial charge on any atom is -0.489 e. The number of ether oxygens (including phenoxy) is 1. The van der Waals surface area contributed by atoms with Crippen molar-refractivity contribution in [2.24, 2.45) is 0 Å². The largest absolute Gasteiger partial charge is 0.489 e. The van der Waals surface area contributed by atoms with Crippen LogP contribution in [0.4, 0.5) is 0 Å². The molecule has 2 aromatic carbocycles. The van der Waals surface area contributed by atoms with Crippen LogP contribution in [0, 0.1) is 0 Å². The minimum absolute atomic E-state index is 0.0907. The van der Waals surface area contributed by atoms with E-state index in [9.17, 15) is 4.79 Å². The lowest BCUT2D eigenvalue weighted by molar-refractivity contribution is 0.0709. The molecule has 0 saturated carbocycles. The summed E-state index contributed by atoms with van der Waals surface area (Å²) >= 11 is 0. The molecule has 1 aliphatic heterocycles. The first-order valence-corrected chi connectivity index (χ1v) is 8.02. The SMILES string of the molecule is CC1CN(C(=O)c2ccc(OCc3ccccc3)cc2)CCN1. The van der Waals surface area contributed by atoms with Crippen molar-refractivity contribution < 1.29 is 9.53 Å². The Labute approximate surface area is 137 Å². The van der Waals surface area contributed by atoms with Crippen LogP contribution in [0.15, 0.2) is 54.6 Å². The smallest absolute Gasteiger partial charge is 0.253 e. The van der Waals surface area contributed by atoms with E-state index in [0.29, 0.717) is 18.2 Å². The molecule has 1 fully saturated rings. The summed E-state index contributed by atoms with van der Waals surface area (Å²) in [5.74, 6) is 0.868. The minimum atomic E-state index is 0.0907. The van der Waals surface area contributed by atoms with E-state index in [1.807, 2.05) is 59.5 Å². The summed E-state index contributed by atoms with van der Waals surface area (Å²) in [6.07, 6.45) is 0. The molecule has 4 heteroatoms. The van der Waals surface area contributed by atoms with Crippen molar-refractivity contribution >= 4 is 5.91 Å². The van der Waals surface area contributed by atoms with Crippen LogP contribution in [0.25, 0.3) is 0 Å². The number of nitrogens with one attached hydrogen (secondary N) is 1. The van der Waals surface area contributed by atoms with Gasteiger partial charge in [-0.05, 0) is 36.8 Å². The summed E-state index contributed by atoms with van der Waals surface area (Å²) in [5.41, 5.74) is 1.84. The van der Waals surface area contributed by atoms with Gasteiger partial charge in [0.2, 0.25) is 0 Å². The van der Waals surface area contributed by atoms with Crippen LogP contribution in [-0.4, -0.2) is 36.5 Å². The molecule has 1 unspecified atom stereocenters. The van der Waals surface area contributed by atoms with Gasteiger partial charge in [0.1, 0.15) is 12.4 Å². The fraction of sp³-hybridized carbons (Fsp3) is 0.316. The highest BCUT2D eigenvalue weighted by atomic mass is 16.5. The molecule has 1 N–H and O–H groups in total. The summed E-state index contributed by atoms with van der Waals surface area (Å²) in [4.78, 5) is 14.4. The topological polar surface area (TPSA) is 41.6 Å². The van der Waals surface area contributed by atoms with Crippen molar-refractivity contribution in [3.05, 3.63) is 65.7 Å². The van der Waals surface area contributed by atoms with Gasteiger partial charge in [-0.3, -0.25) is 4.79 Å². The highest BCUT2D eigenvalue weighted by Crippen LogP contribution is 2.16. The van der Waals surface area contributed by atoms with Crippen LogP contribution in [0.3, 0.4) is 0 Å². The van der Waals surface area contributed by atoms with Crippen molar-refractivity contribution in [2.75, 3.05) is 19.6 Å². The van der Waals surface area contributed by atoms with Crippen LogP contribution >= 0.6 is 0 Å². The van der Waals surface area contributed by atoms with E-state index in [1.165, 1.54) is 0 Å². The van der Waals surface area contributed by atoms with Gasteiger partial charge in [0, 0.05) is 31.2 Å². The molecule has 120 valence electrons. The van der Waals surface area contributed by atoms with Crippen LogP contribution in [0.2, 0.25) is 0 Å². The number of carbonyl (C=O) groups is 1. The van der Waals surface area contributed by atoms with Crippen molar-refractivity contribution in [1.29, 1.82) is 0 Å². The monoisotopic (exact) mass is 310 g/mol. The molecule has 0 aromatic heterocycles. The highest BCUT2D eigenvalue weighted by Gasteiger charge is 2.21. The molecular formula is C19H22N2O2. The number of nitrogens with zero attached hydrogens (tertiary/aromatic N) is 1. The predicted octanol–water partition coefficient (Wildman–Crippen LogP) is 2.70. The Morgan fingerprint density at radius 1 is 1.17 bits per heavy atom.